The van der Waals surface area contributed by atoms with Gasteiger partial charge < -0.3 is 19.5 Å². The van der Waals surface area contributed by atoms with Gasteiger partial charge in [-0.2, -0.15) is 0 Å². The lowest BCUT2D eigenvalue weighted by molar-refractivity contribution is -0.0254. The molecule has 1 fully saturated rings. The van der Waals surface area contributed by atoms with E-state index in [2.05, 4.69) is 27.9 Å². The highest BCUT2D eigenvalue weighted by atomic mass is 35.5. The lowest BCUT2D eigenvalue weighted by atomic mass is 9.84. The molecule has 3 aromatic rings. The molecule has 184 valence electrons. The van der Waals surface area contributed by atoms with Crippen molar-refractivity contribution in [2.75, 3.05) is 26.2 Å². The zero-order valence-corrected chi connectivity index (χ0v) is 20.9. The number of pyridine rings is 1. The van der Waals surface area contributed by atoms with E-state index in [1.165, 1.54) is 0 Å². The summed E-state index contributed by atoms with van der Waals surface area (Å²) in [7, 11) is 0. The maximum Gasteiger partial charge on any atom is 0.226 e. The number of fused-ring (bicyclic) bond motifs is 2. The van der Waals surface area contributed by atoms with Gasteiger partial charge in [0.15, 0.2) is 0 Å². The third kappa shape index (κ3) is 5.27. The van der Waals surface area contributed by atoms with E-state index < -0.39 is 5.60 Å². The lowest BCUT2D eigenvalue weighted by Crippen LogP contribution is -2.42. The molecule has 3 heterocycles. The highest BCUT2D eigenvalue weighted by molar-refractivity contribution is 6.30. The molecular formula is C30H29ClN2O3. The zero-order valence-electron chi connectivity index (χ0n) is 20.1. The van der Waals surface area contributed by atoms with Gasteiger partial charge in [0.2, 0.25) is 5.88 Å². The Morgan fingerprint density at radius 3 is 2.72 bits per heavy atom. The maximum absolute atomic E-state index is 11.2. The van der Waals surface area contributed by atoms with Crippen molar-refractivity contribution in [3.05, 3.63) is 88.6 Å². The molecule has 0 bridgehead atoms. The number of allylic oxidation sites excluding steroid dienone is 1. The molecule has 0 atom stereocenters. The van der Waals surface area contributed by atoms with Crippen LogP contribution in [0.15, 0.2) is 66.9 Å². The number of likely N-dealkylation sites (tertiary alicyclic amines) is 1. The third-order valence-corrected chi connectivity index (χ3v) is 7.24. The minimum Gasteiger partial charge on any atom is -0.481 e. The predicted molar refractivity (Wildman–Crippen MR) is 142 cm³/mol. The van der Waals surface area contributed by atoms with E-state index in [1.54, 1.807) is 6.20 Å². The number of ether oxygens (including phenoxy) is 2. The number of nitrogens with zero attached hydrogens (tertiary/aromatic N) is 2. The van der Waals surface area contributed by atoms with E-state index in [-0.39, 0.29) is 6.61 Å². The molecule has 2 aliphatic heterocycles. The Kier molecular flexibility index (Phi) is 7.29. The summed E-state index contributed by atoms with van der Waals surface area (Å²) in [6.45, 7) is 2.81. The molecule has 2 aliphatic rings. The first kappa shape index (κ1) is 24.4. The van der Waals surface area contributed by atoms with E-state index in [1.807, 2.05) is 48.5 Å². The molecule has 36 heavy (non-hydrogen) atoms. The smallest absolute Gasteiger partial charge is 0.226 e. The average Bonchev–Trinajstić information content (AvgIpc) is 3.06. The second-order valence-corrected chi connectivity index (χ2v) is 9.70. The van der Waals surface area contributed by atoms with Gasteiger partial charge >= 0.3 is 0 Å². The van der Waals surface area contributed by atoms with E-state index in [4.69, 9.17) is 27.5 Å². The molecular weight excluding hydrogens is 472 g/mol. The summed E-state index contributed by atoms with van der Waals surface area (Å²) in [6, 6.07) is 17.3. The Bertz CT molecular complexity index is 1290. The Morgan fingerprint density at radius 1 is 1.14 bits per heavy atom. The minimum absolute atomic E-state index is 0.206. The summed E-state index contributed by atoms with van der Waals surface area (Å²) in [6.07, 6.45) is 12.4. The number of benzene rings is 2. The van der Waals surface area contributed by atoms with Gasteiger partial charge in [0, 0.05) is 48.4 Å². The fraction of sp³-hybridized carbons (Fsp3) is 0.300. The maximum atomic E-state index is 11.2. The molecule has 0 saturated carbocycles. The first-order chi connectivity index (χ1) is 17.6. The SMILES string of the molecule is C#CCOc1cccc2c1C/C(=C/CCN1CCC(O)(c3ccc(Cl)cc3)CC1)c1cccnc1O2. The third-order valence-electron chi connectivity index (χ3n) is 6.99. The van der Waals surface area contributed by atoms with E-state index in [0.717, 1.165) is 59.8 Å². The Balaban J connectivity index is 1.29. The van der Waals surface area contributed by atoms with Gasteiger partial charge in [-0.1, -0.05) is 41.8 Å². The standard InChI is InChI=1S/C30H29ClN2O3/c1-2-20-35-27-8-3-9-28-26(27)21-22(25-7-4-16-32-29(25)36-28)6-5-17-33-18-14-30(34,15-19-33)23-10-12-24(31)13-11-23/h1,3-4,6-13,16,34H,5,14-15,17-21H2/b22-6-. The second-order valence-electron chi connectivity index (χ2n) is 9.26. The van der Waals surface area contributed by atoms with Gasteiger partial charge in [-0.05, 0) is 66.8 Å². The molecule has 1 saturated heterocycles. The zero-order chi connectivity index (χ0) is 25.0. The molecule has 5 nitrogen and oxygen atoms in total. The molecule has 0 amide bonds. The normalized spacial score (nSPS) is 17.9. The van der Waals surface area contributed by atoms with Crippen molar-refractivity contribution in [2.24, 2.45) is 0 Å². The molecule has 2 aromatic carbocycles. The molecule has 0 radical (unpaired) electrons. The number of hydrogen-bond acceptors (Lipinski definition) is 5. The van der Waals surface area contributed by atoms with Crippen molar-refractivity contribution < 1.29 is 14.6 Å². The van der Waals surface area contributed by atoms with Gasteiger partial charge in [-0.15, -0.1) is 6.42 Å². The Hall–Kier alpha value is -3.30. The van der Waals surface area contributed by atoms with Crippen LogP contribution >= 0.6 is 11.6 Å². The van der Waals surface area contributed by atoms with Crippen molar-refractivity contribution >= 4 is 17.2 Å². The van der Waals surface area contributed by atoms with Crippen LogP contribution < -0.4 is 9.47 Å². The van der Waals surface area contributed by atoms with Crippen molar-refractivity contribution in [1.29, 1.82) is 0 Å². The van der Waals surface area contributed by atoms with Gasteiger partial charge in [0.1, 0.15) is 18.1 Å². The van der Waals surface area contributed by atoms with Gasteiger partial charge in [0.05, 0.1) is 5.60 Å². The van der Waals surface area contributed by atoms with E-state index in [9.17, 15) is 5.11 Å². The molecule has 5 rings (SSSR count). The van der Waals surface area contributed by atoms with Crippen molar-refractivity contribution in [2.45, 2.75) is 31.3 Å². The van der Waals surface area contributed by atoms with Crippen LogP contribution in [-0.4, -0.2) is 41.2 Å². The topological polar surface area (TPSA) is 54.8 Å². The highest BCUT2D eigenvalue weighted by Crippen LogP contribution is 2.41. The summed E-state index contributed by atoms with van der Waals surface area (Å²) in [5.74, 6) is 4.62. The number of hydrogen-bond donors (Lipinski definition) is 1. The molecule has 1 aromatic heterocycles. The van der Waals surface area contributed by atoms with Crippen LogP contribution in [0.1, 0.15) is 36.0 Å². The molecule has 0 aliphatic carbocycles. The van der Waals surface area contributed by atoms with Crippen LogP contribution in [0, 0.1) is 12.3 Å². The number of piperidine rings is 1. The number of aliphatic hydroxyl groups is 1. The fourth-order valence-electron chi connectivity index (χ4n) is 4.98. The highest BCUT2D eigenvalue weighted by Gasteiger charge is 2.33. The average molecular weight is 501 g/mol. The van der Waals surface area contributed by atoms with Gasteiger partial charge in [-0.3, -0.25) is 0 Å². The summed E-state index contributed by atoms with van der Waals surface area (Å²) in [5.41, 5.74) is 3.28. The van der Waals surface area contributed by atoms with E-state index in [0.29, 0.717) is 30.2 Å². The van der Waals surface area contributed by atoms with Crippen molar-refractivity contribution in [3.63, 3.8) is 0 Å². The van der Waals surface area contributed by atoms with Gasteiger partial charge in [-0.25, -0.2) is 4.98 Å². The van der Waals surface area contributed by atoms with Crippen LogP contribution in [-0.2, 0) is 12.0 Å². The largest absolute Gasteiger partial charge is 0.481 e. The number of halogens is 1. The molecule has 0 spiro atoms. The first-order valence-corrected chi connectivity index (χ1v) is 12.6. The van der Waals surface area contributed by atoms with Crippen LogP contribution in [0.25, 0.3) is 5.57 Å². The molecule has 1 N–H and O–H groups in total. The second kappa shape index (κ2) is 10.8. The summed E-state index contributed by atoms with van der Waals surface area (Å²) in [5, 5.41) is 11.9. The van der Waals surface area contributed by atoms with Gasteiger partial charge in [0.25, 0.3) is 0 Å². The first-order valence-electron chi connectivity index (χ1n) is 12.3. The number of rotatable bonds is 6. The quantitative estimate of drug-likeness (QED) is 0.430. The fourth-order valence-corrected chi connectivity index (χ4v) is 5.10. The van der Waals surface area contributed by atoms with Crippen molar-refractivity contribution in [3.8, 4) is 29.7 Å². The van der Waals surface area contributed by atoms with Crippen LogP contribution in [0.2, 0.25) is 5.02 Å². The van der Waals surface area contributed by atoms with Crippen LogP contribution in [0.3, 0.4) is 0 Å². The summed E-state index contributed by atoms with van der Waals surface area (Å²) in [4.78, 5) is 6.90. The molecule has 6 heteroatoms. The summed E-state index contributed by atoms with van der Waals surface area (Å²) < 4.78 is 12.0. The Morgan fingerprint density at radius 2 is 1.94 bits per heavy atom. The van der Waals surface area contributed by atoms with Crippen LogP contribution in [0.4, 0.5) is 0 Å². The molecule has 0 unspecified atom stereocenters. The minimum atomic E-state index is -0.790. The van der Waals surface area contributed by atoms with Crippen LogP contribution in [0.5, 0.6) is 17.4 Å². The van der Waals surface area contributed by atoms with Crippen molar-refractivity contribution in [1.82, 2.24) is 9.88 Å². The summed E-state index contributed by atoms with van der Waals surface area (Å²) >= 11 is 6.02. The lowest BCUT2D eigenvalue weighted by Gasteiger charge is -2.38. The monoisotopic (exact) mass is 500 g/mol. The number of aromatic nitrogens is 1. The predicted octanol–water partition coefficient (Wildman–Crippen LogP) is 5.85. The van der Waals surface area contributed by atoms with E-state index >= 15 is 0 Å². The number of terminal acetylenes is 1. The Labute approximate surface area is 217 Å².